The average Bonchev–Trinajstić information content (AvgIpc) is 2.88. The van der Waals surface area contributed by atoms with Gasteiger partial charge in [0.05, 0.1) is 0 Å². The molecule has 0 atom stereocenters. The molecule has 1 amide bonds. The van der Waals surface area contributed by atoms with E-state index in [9.17, 15) is 9.59 Å². The quantitative estimate of drug-likeness (QED) is 0.668. The Kier molecular flexibility index (Phi) is 5.44. The monoisotopic (exact) mass is 293 g/mol. The van der Waals surface area contributed by atoms with Gasteiger partial charge in [-0.3, -0.25) is 14.7 Å². The van der Waals surface area contributed by atoms with Crippen LogP contribution in [0.25, 0.3) is 0 Å². The first-order chi connectivity index (χ1) is 10.1. The van der Waals surface area contributed by atoms with E-state index >= 15 is 0 Å². The number of nitrogens with zero attached hydrogens (tertiary/aromatic N) is 2. The van der Waals surface area contributed by atoms with Crippen molar-refractivity contribution in [3.8, 4) is 0 Å². The Labute approximate surface area is 124 Å². The Morgan fingerprint density at radius 3 is 2.62 bits per heavy atom. The van der Waals surface area contributed by atoms with E-state index in [1.54, 1.807) is 6.92 Å². The van der Waals surface area contributed by atoms with Crippen LogP contribution in [0.2, 0.25) is 0 Å². The molecule has 1 fully saturated rings. The van der Waals surface area contributed by atoms with Crippen LogP contribution in [0.4, 0.5) is 0 Å². The van der Waals surface area contributed by atoms with Crippen molar-refractivity contribution in [2.45, 2.75) is 51.5 Å². The van der Waals surface area contributed by atoms with Crippen molar-refractivity contribution < 1.29 is 9.59 Å². The number of nitrogens with one attached hydrogen (secondary N) is 2. The maximum atomic E-state index is 12.0. The molecule has 7 nitrogen and oxygen atoms in total. The number of ketones is 1. The zero-order valence-corrected chi connectivity index (χ0v) is 12.4. The number of hydrogen-bond donors (Lipinski definition) is 3. The molecule has 0 aromatic carbocycles. The molecule has 1 aromatic rings. The summed E-state index contributed by atoms with van der Waals surface area (Å²) in [6.07, 6.45) is 4.59. The summed E-state index contributed by atoms with van der Waals surface area (Å²) in [5.74, 6) is 1.32. The number of H-pyrrole nitrogens is 1. The average molecular weight is 293 g/mol. The van der Waals surface area contributed by atoms with Gasteiger partial charge in [-0.25, -0.2) is 4.98 Å². The summed E-state index contributed by atoms with van der Waals surface area (Å²) < 4.78 is 0. The van der Waals surface area contributed by atoms with Crippen molar-refractivity contribution >= 4 is 11.7 Å². The highest BCUT2D eigenvalue weighted by molar-refractivity contribution is 5.92. The molecule has 1 aliphatic rings. The molecule has 1 saturated carbocycles. The number of hydrogen-bond acceptors (Lipinski definition) is 5. The number of Topliss-reactive ketones (excluding diaryl/α,β-unsaturated/α-hetero) is 1. The zero-order chi connectivity index (χ0) is 15.2. The first-order valence-electron chi connectivity index (χ1n) is 7.50. The SMILES string of the molecule is Cc1nc(C(=O)CC2CCC(NC(=O)CCN)CC2)n[nH]1. The number of aryl methyl sites for hydroxylation is 1. The summed E-state index contributed by atoms with van der Waals surface area (Å²) in [6, 6.07) is 0.223. The number of amides is 1. The summed E-state index contributed by atoms with van der Waals surface area (Å²) in [7, 11) is 0. The highest BCUT2D eigenvalue weighted by atomic mass is 16.1. The highest BCUT2D eigenvalue weighted by Crippen LogP contribution is 2.27. The van der Waals surface area contributed by atoms with E-state index in [4.69, 9.17) is 5.73 Å². The Bertz CT molecular complexity index is 491. The van der Waals surface area contributed by atoms with Gasteiger partial charge in [0.1, 0.15) is 5.82 Å². The number of nitrogens with two attached hydrogens (primary N) is 1. The second-order valence-electron chi connectivity index (χ2n) is 5.70. The summed E-state index contributed by atoms with van der Waals surface area (Å²) >= 11 is 0. The van der Waals surface area contributed by atoms with E-state index in [0.717, 1.165) is 25.7 Å². The zero-order valence-electron chi connectivity index (χ0n) is 12.4. The molecule has 0 spiro atoms. The fourth-order valence-corrected chi connectivity index (χ4v) is 2.76. The van der Waals surface area contributed by atoms with E-state index in [1.165, 1.54) is 0 Å². The Morgan fingerprint density at radius 2 is 2.05 bits per heavy atom. The molecule has 1 heterocycles. The Balaban J connectivity index is 1.74. The third-order valence-electron chi connectivity index (χ3n) is 3.90. The van der Waals surface area contributed by atoms with Crippen LogP contribution in [-0.2, 0) is 4.79 Å². The molecule has 21 heavy (non-hydrogen) atoms. The minimum atomic E-state index is -0.00466. The van der Waals surface area contributed by atoms with Crippen LogP contribution in [0.3, 0.4) is 0 Å². The van der Waals surface area contributed by atoms with E-state index < -0.39 is 0 Å². The van der Waals surface area contributed by atoms with E-state index in [1.807, 2.05) is 0 Å². The molecular weight excluding hydrogens is 270 g/mol. The standard InChI is InChI=1S/C14H23N5O2/c1-9-16-14(19-18-9)12(20)8-10-2-4-11(5-3-10)17-13(21)6-7-15/h10-11H,2-8,15H2,1H3,(H,17,21)(H,16,18,19). The van der Waals surface area contributed by atoms with Gasteiger partial charge in [-0.05, 0) is 38.5 Å². The summed E-state index contributed by atoms with van der Waals surface area (Å²) in [5.41, 5.74) is 5.36. The lowest BCUT2D eigenvalue weighted by Crippen LogP contribution is -2.38. The van der Waals surface area contributed by atoms with Gasteiger partial charge in [0.15, 0.2) is 0 Å². The van der Waals surface area contributed by atoms with Gasteiger partial charge in [-0.2, -0.15) is 5.10 Å². The van der Waals surface area contributed by atoms with Crippen LogP contribution >= 0.6 is 0 Å². The lowest BCUT2D eigenvalue weighted by atomic mass is 9.83. The smallest absolute Gasteiger partial charge is 0.221 e. The first kappa shape index (κ1) is 15.6. The molecule has 4 N–H and O–H groups in total. The highest BCUT2D eigenvalue weighted by Gasteiger charge is 2.25. The van der Waals surface area contributed by atoms with Crippen LogP contribution in [0, 0.1) is 12.8 Å². The van der Waals surface area contributed by atoms with Gasteiger partial charge in [0.2, 0.25) is 17.5 Å². The van der Waals surface area contributed by atoms with Crippen LogP contribution in [0.5, 0.6) is 0 Å². The lowest BCUT2D eigenvalue weighted by molar-refractivity contribution is -0.121. The van der Waals surface area contributed by atoms with Crippen molar-refractivity contribution in [2.75, 3.05) is 6.54 Å². The van der Waals surface area contributed by atoms with Crippen LogP contribution in [-0.4, -0.2) is 39.5 Å². The van der Waals surface area contributed by atoms with Gasteiger partial charge in [-0.1, -0.05) is 0 Å². The predicted octanol–water partition coefficient (Wildman–Crippen LogP) is 0.710. The van der Waals surface area contributed by atoms with E-state index in [2.05, 4.69) is 20.5 Å². The van der Waals surface area contributed by atoms with E-state index in [-0.39, 0.29) is 23.6 Å². The maximum Gasteiger partial charge on any atom is 0.221 e. The Morgan fingerprint density at radius 1 is 1.33 bits per heavy atom. The number of aromatic amines is 1. The number of aromatic nitrogens is 3. The number of carbonyl (C=O) groups is 2. The summed E-state index contributed by atoms with van der Waals surface area (Å²) in [6.45, 7) is 2.16. The third-order valence-corrected chi connectivity index (χ3v) is 3.90. The topological polar surface area (TPSA) is 114 Å². The van der Waals surface area contributed by atoms with Crippen LogP contribution < -0.4 is 11.1 Å². The predicted molar refractivity (Wildman–Crippen MR) is 77.6 cm³/mol. The molecule has 2 rings (SSSR count). The van der Waals surface area contributed by atoms with Gasteiger partial charge in [0.25, 0.3) is 0 Å². The first-order valence-corrected chi connectivity index (χ1v) is 7.50. The second-order valence-corrected chi connectivity index (χ2v) is 5.70. The van der Waals surface area contributed by atoms with Crippen LogP contribution in [0.1, 0.15) is 55.0 Å². The van der Waals surface area contributed by atoms with Crippen molar-refractivity contribution in [2.24, 2.45) is 11.7 Å². The fraction of sp³-hybridized carbons (Fsp3) is 0.714. The molecule has 0 aliphatic heterocycles. The number of carbonyl (C=O) groups excluding carboxylic acids is 2. The van der Waals surface area contributed by atoms with Crippen molar-refractivity contribution in [1.82, 2.24) is 20.5 Å². The van der Waals surface area contributed by atoms with Crippen molar-refractivity contribution in [1.29, 1.82) is 0 Å². The largest absolute Gasteiger partial charge is 0.353 e. The van der Waals surface area contributed by atoms with Crippen LogP contribution in [0.15, 0.2) is 0 Å². The molecule has 1 aromatic heterocycles. The summed E-state index contributed by atoms with van der Waals surface area (Å²) in [4.78, 5) is 27.6. The van der Waals surface area contributed by atoms with Gasteiger partial charge in [0, 0.05) is 25.4 Å². The van der Waals surface area contributed by atoms with Gasteiger partial charge in [-0.15, -0.1) is 0 Å². The lowest BCUT2D eigenvalue weighted by Gasteiger charge is -2.28. The molecule has 1 aliphatic carbocycles. The second kappa shape index (κ2) is 7.31. The normalized spacial score (nSPS) is 22.0. The molecule has 0 saturated heterocycles. The molecule has 0 unspecified atom stereocenters. The molecule has 7 heteroatoms. The third kappa shape index (κ3) is 4.63. The van der Waals surface area contributed by atoms with Gasteiger partial charge >= 0.3 is 0 Å². The molecule has 116 valence electrons. The van der Waals surface area contributed by atoms with Crippen molar-refractivity contribution in [3.05, 3.63) is 11.6 Å². The fourth-order valence-electron chi connectivity index (χ4n) is 2.76. The minimum absolute atomic E-state index is 0.00466. The molecule has 0 bridgehead atoms. The van der Waals surface area contributed by atoms with E-state index in [0.29, 0.717) is 31.1 Å². The minimum Gasteiger partial charge on any atom is -0.353 e. The van der Waals surface area contributed by atoms with Gasteiger partial charge < -0.3 is 11.1 Å². The Hall–Kier alpha value is -1.76. The molecule has 0 radical (unpaired) electrons. The molecular formula is C14H23N5O2. The summed E-state index contributed by atoms with van der Waals surface area (Å²) in [5, 5.41) is 9.58. The van der Waals surface area contributed by atoms with Crippen molar-refractivity contribution in [3.63, 3.8) is 0 Å². The maximum absolute atomic E-state index is 12.0. The number of rotatable bonds is 6.